The molecule has 0 spiro atoms. The number of rotatable bonds is 3. The second-order valence-corrected chi connectivity index (χ2v) is 8.99. The molecule has 8 heteroatoms. The van der Waals surface area contributed by atoms with E-state index in [-0.39, 0.29) is 29.4 Å². The summed E-state index contributed by atoms with van der Waals surface area (Å²) in [6.45, 7) is 5.20. The van der Waals surface area contributed by atoms with Gasteiger partial charge in [0.15, 0.2) is 9.84 Å². The highest BCUT2D eigenvalue weighted by atomic mass is 32.2. The molecule has 2 aliphatic heterocycles. The summed E-state index contributed by atoms with van der Waals surface area (Å²) in [4.78, 5) is 18.7. The second kappa shape index (κ2) is 6.22. The summed E-state index contributed by atoms with van der Waals surface area (Å²) in [6.07, 6.45) is 2.90. The first-order valence-electron chi connectivity index (χ1n) is 8.22. The number of carbonyl (C=O) groups excluding carboxylic acids is 1. The van der Waals surface area contributed by atoms with Crippen LogP contribution < -0.4 is 0 Å². The molecule has 0 aliphatic carbocycles. The Morgan fingerprint density at radius 1 is 1.30 bits per heavy atom. The zero-order chi connectivity index (χ0) is 16.6. The van der Waals surface area contributed by atoms with Crippen molar-refractivity contribution in [2.75, 3.05) is 24.6 Å². The van der Waals surface area contributed by atoms with E-state index in [2.05, 4.69) is 10.1 Å². The van der Waals surface area contributed by atoms with Crippen molar-refractivity contribution in [2.24, 2.45) is 5.92 Å². The summed E-state index contributed by atoms with van der Waals surface area (Å²) in [6, 6.07) is 0.168. The van der Waals surface area contributed by atoms with Gasteiger partial charge in [-0.1, -0.05) is 0 Å². The zero-order valence-electron chi connectivity index (χ0n) is 13.7. The molecule has 7 nitrogen and oxygen atoms in total. The van der Waals surface area contributed by atoms with Gasteiger partial charge < -0.3 is 4.90 Å². The number of hydrogen-bond acceptors (Lipinski definition) is 5. The average molecular weight is 340 g/mol. The fraction of sp³-hybridized carbons (Fsp3) is 0.800. The Labute approximate surface area is 137 Å². The third-order valence-corrected chi connectivity index (χ3v) is 6.63. The molecule has 128 valence electrons. The molecular weight excluding hydrogens is 316 g/mol. The Balaban J connectivity index is 1.62. The number of aromatic nitrogens is 3. The Morgan fingerprint density at radius 2 is 2.09 bits per heavy atom. The largest absolute Gasteiger partial charge is 0.341 e. The molecule has 0 saturated carbocycles. The number of nitrogens with zero attached hydrogens (tertiary/aromatic N) is 4. The maximum Gasteiger partial charge on any atom is 0.222 e. The molecule has 1 aromatic heterocycles. The van der Waals surface area contributed by atoms with Gasteiger partial charge in [0.25, 0.3) is 0 Å². The molecule has 0 radical (unpaired) electrons. The summed E-state index contributed by atoms with van der Waals surface area (Å²) < 4.78 is 25.0. The van der Waals surface area contributed by atoms with Gasteiger partial charge in [-0.25, -0.2) is 18.1 Å². The minimum Gasteiger partial charge on any atom is -0.341 e. The summed E-state index contributed by atoms with van der Waals surface area (Å²) >= 11 is 0. The lowest BCUT2D eigenvalue weighted by Crippen LogP contribution is -2.41. The Morgan fingerprint density at radius 3 is 2.70 bits per heavy atom. The lowest BCUT2D eigenvalue weighted by molar-refractivity contribution is -0.133. The van der Waals surface area contributed by atoms with Gasteiger partial charge in [-0.3, -0.25) is 4.79 Å². The molecule has 0 bridgehead atoms. The van der Waals surface area contributed by atoms with Gasteiger partial charge in [0.05, 0.1) is 17.5 Å². The molecule has 2 aliphatic rings. The van der Waals surface area contributed by atoms with Gasteiger partial charge in [-0.15, -0.1) is 0 Å². The third kappa shape index (κ3) is 3.73. The smallest absolute Gasteiger partial charge is 0.222 e. The molecule has 1 aromatic rings. The van der Waals surface area contributed by atoms with Crippen LogP contribution in [0.5, 0.6) is 0 Å². The Bertz CT molecular complexity index is 698. The van der Waals surface area contributed by atoms with E-state index in [0.717, 1.165) is 31.0 Å². The first-order valence-corrected chi connectivity index (χ1v) is 10.0. The van der Waals surface area contributed by atoms with Gasteiger partial charge in [0.2, 0.25) is 5.91 Å². The van der Waals surface area contributed by atoms with E-state index < -0.39 is 9.84 Å². The van der Waals surface area contributed by atoms with Crippen LogP contribution in [0.25, 0.3) is 0 Å². The monoisotopic (exact) mass is 340 g/mol. The van der Waals surface area contributed by atoms with Gasteiger partial charge >= 0.3 is 0 Å². The highest BCUT2D eigenvalue weighted by Crippen LogP contribution is 2.26. The predicted molar refractivity (Wildman–Crippen MR) is 85.7 cm³/mol. The molecular formula is C15H24N4O3S. The summed E-state index contributed by atoms with van der Waals surface area (Å²) in [5.41, 5.74) is 0. The number of likely N-dealkylation sites (tertiary alicyclic amines) is 1. The van der Waals surface area contributed by atoms with Crippen molar-refractivity contribution in [2.45, 2.75) is 45.6 Å². The number of carbonyl (C=O) groups is 1. The predicted octanol–water partition coefficient (Wildman–Crippen LogP) is 0.883. The highest BCUT2D eigenvalue weighted by Gasteiger charge is 2.32. The van der Waals surface area contributed by atoms with Crippen LogP contribution in [-0.2, 0) is 14.6 Å². The maximum atomic E-state index is 12.5. The summed E-state index contributed by atoms with van der Waals surface area (Å²) in [5.74, 6) is 2.09. The van der Waals surface area contributed by atoms with Crippen molar-refractivity contribution in [3.8, 4) is 0 Å². The van der Waals surface area contributed by atoms with Crippen LogP contribution in [0.2, 0.25) is 0 Å². The van der Waals surface area contributed by atoms with Crippen molar-refractivity contribution in [1.29, 1.82) is 0 Å². The summed E-state index contributed by atoms with van der Waals surface area (Å²) in [5, 5.41) is 4.44. The number of hydrogen-bond donors (Lipinski definition) is 0. The zero-order valence-corrected chi connectivity index (χ0v) is 14.5. The SMILES string of the molecule is Cc1nc(C)n([C@H]2CCCN(C(=O)C[C@@H]3CCS(=O)(=O)C3)C2)n1. The van der Waals surface area contributed by atoms with E-state index in [4.69, 9.17) is 0 Å². The van der Waals surface area contributed by atoms with E-state index in [0.29, 0.717) is 19.4 Å². The molecule has 2 fully saturated rings. The molecule has 1 amide bonds. The molecule has 0 unspecified atom stereocenters. The van der Waals surface area contributed by atoms with E-state index in [9.17, 15) is 13.2 Å². The molecule has 23 heavy (non-hydrogen) atoms. The third-order valence-electron chi connectivity index (χ3n) is 4.79. The lowest BCUT2D eigenvalue weighted by atomic mass is 10.0. The second-order valence-electron chi connectivity index (χ2n) is 6.76. The van der Waals surface area contributed by atoms with Crippen molar-refractivity contribution in [3.05, 3.63) is 11.6 Å². The van der Waals surface area contributed by atoms with Crippen LogP contribution in [0.1, 0.15) is 43.4 Å². The van der Waals surface area contributed by atoms with Crippen molar-refractivity contribution < 1.29 is 13.2 Å². The van der Waals surface area contributed by atoms with Gasteiger partial charge in [-0.05, 0) is 39.0 Å². The molecule has 2 saturated heterocycles. The number of sulfone groups is 1. The number of aryl methyl sites for hydroxylation is 2. The number of amides is 1. The van der Waals surface area contributed by atoms with Gasteiger partial charge in [0, 0.05) is 19.5 Å². The Kier molecular flexibility index (Phi) is 4.44. The molecule has 2 atom stereocenters. The summed E-state index contributed by atoms with van der Waals surface area (Å²) in [7, 11) is -2.92. The lowest BCUT2D eigenvalue weighted by Gasteiger charge is -2.33. The first kappa shape index (κ1) is 16.4. The van der Waals surface area contributed by atoms with E-state index in [1.807, 2.05) is 23.4 Å². The molecule has 0 aromatic carbocycles. The molecule has 0 N–H and O–H groups in total. The minimum absolute atomic E-state index is 0.0109. The van der Waals surface area contributed by atoms with Crippen LogP contribution in [0.3, 0.4) is 0 Å². The average Bonchev–Trinajstić information content (AvgIpc) is 3.00. The van der Waals surface area contributed by atoms with Crippen LogP contribution >= 0.6 is 0 Å². The van der Waals surface area contributed by atoms with Crippen LogP contribution in [0.4, 0.5) is 0 Å². The Hall–Kier alpha value is -1.44. The fourth-order valence-corrected chi connectivity index (χ4v) is 5.53. The van der Waals surface area contributed by atoms with E-state index in [1.54, 1.807) is 0 Å². The topological polar surface area (TPSA) is 85.2 Å². The van der Waals surface area contributed by atoms with Gasteiger partial charge in [0.1, 0.15) is 11.6 Å². The van der Waals surface area contributed by atoms with Crippen LogP contribution in [-0.4, -0.2) is 58.6 Å². The highest BCUT2D eigenvalue weighted by molar-refractivity contribution is 7.91. The van der Waals surface area contributed by atoms with E-state index in [1.165, 1.54) is 0 Å². The first-order chi connectivity index (χ1) is 10.8. The van der Waals surface area contributed by atoms with Crippen molar-refractivity contribution >= 4 is 15.7 Å². The van der Waals surface area contributed by atoms with Crippen molar-refractivity contribution in [1.82, 2.24) is 19.7 Å². The maximum absolute atomic E-state index is 12.5. The molecule has 3 rings (SSSR count). The number of piperidine rings is 1. The molecule has 3 heterocycles. The van der Waals surface area contributed by atoms with Crippen LogP contribution in [0, 0.1) is 19.8 Å². The fourth-order valence-electron chi connectivity index (χ4n) is 3.67. The van der Waals surface area contributed by atoms with Gasteiger partial charge in [-0.2, -0.15) is 5.10 Å². The minimum atomic E-state index is -2.92. The quantitative estimate of drug-likeness (QED) is 0.815. The van der Waals surface area contributed by atoms with Crippen molar-refractivity contribution in [3.63, 3.8) is 0 Å². The van der Waals surface area contributed by atoms with E-state index >= 15 is 0 Å². The normalized spacial score (nSPS) is 27.3. The van der Waals surface area contributed by atoms with Crippen LogP contribution in [0.15, 0.2) is 0 Å². The standard InChI is InChI=1S/C15H24N4O3S/c1-11-16-12(2)19(17-11)14-4-3-6-18(9-14)15(20)8-13-5-7-23(21,22)10-13/h13-14H,3-10H2,1-2H3/t13-,14-/m0/s1.